The van der Waals surface area contributed by atoms with Crippen molar-refractivity contribution >= 4 is 117 Å². The monoisotopic (exact) mass is 1620 g/mol. The molecule has 17 amide bonds. The molecule has 0 bridgehead atoms. The van der Waals surface area contributed by atoms with E-state index in [4.69, 9.17) is 11.5 Å². The second-order valence-corrected chi connectivity index (χ2v) is 30.1. The lowest BCUT2D eigenvalue weighted by Crippen LogP contribution is -2.61. The van der Waals surface area contributed by atoms with E-state index in [1.54, 1.807) is 65.9 Å². The van der Waals surface area contributed by atoms with Crippen LogP contribution in [0, 0.1) is 17.8 Å². The predicted molar refractivity (Wildman–Crippen MR) is 408 cm³/mol. The molecule has 0 radical (unpaired) electrons. The van der Waals surface area contributed by atoms with Crippen LogP contribution in [0.4, 0.5) is 0 Å². The summed E-state index contributed by atoms with van der Waals surface area (Å²) in [6.07, 6.45) is 3.69. The molecule has 115 heavy (non-hydrogen) atoms. The summed E-state index contributed by atoms with van der Waals surface area (Å²) in [6, 6.07) is -11.1. The average molecular weight is 1620 g/mol. The van der Waals surface area contributed by atoms with Gasteiger partial charge in [-0.05, 0) is 107 Å². The fourth-order valence-corrected chi connectivity index (χ4v) is 14.0. The van der Waals surface area contributed by atoms with Gasteiger partial charge >= 0.3 is 5.97 Å². The van der Waals surface area contributed by atoms with Crippen LogP contribution in [-0.2, 0) is 92.7 Å². The van der Waals surface area contributed by atoms with Gasteiger partial charge in [-0.15, -0.1) is 0 Å². The van der Waals surface area contributed by atoms with Crippen molar-refractivity contribution in [3.8, 4) is 0 Å². The maximum atomic E-state index is 14.6. The Labute approximate surface area is 664 Å². The molecule has 4 aliphatic rings. The molecule has 0 spiro atoms. The number of carbonyl (C=O) groups excluding carboxylic acids is 17. The van der Waals surface area contributed by atoms with Crippen LogP contribution >= 0.6 is 0 Å². The Balaban J connectivity index is 0.953. The molecule has 1 aromatic heterocycles. The number of carbonyl (C=O) groups is 18. The molecule has 5 heterocycles. The minimum absolute atomic E-state index is 0.0168. The molecular formula is C74H113N19O22. The molecule has 0 saturated carbocycles. The first-order chi connectivity index (χ1) is 54.4. The summed E-state index contributed by atoms with van der Waals surface area (Å²) >= 11 is 0. The normalized spacial score (nSPS) is 19.5. The van der Waals surface area contributed by atoms with E-state index in [2.05, 4.69) is 68.8 Å². The molecule has 6 rings (SSSR count). The quantitative estimate of drug-likeness (QED) is 0.0294. The van der Waals surface area contributed by atoms with Gasteiger partial charge in [0.05, 0.1) is 45.5 Å². The molecule has 0 aliphatic carbocycles. The summed E-state index contributed by atoms with van der Waals surface area (Å²) in [5.74, 6) is -16.4. The van der Waals surface area contributed by atoms with Gasteiger partial charge in [0.25, 0.3) is 0 Å². The number of hydrogen-bond acceptors (Lipinski definition) is 22. The van der Waals surface area contributed by atoms with E-state index in [1.807, 2.05) is 6.07 Å². The van der Waals surface area contributed by atoms with Crippen LogP contribution in [0.1, 0.15) is 138 Å². The number of aromatic nitrogens is 1. The number of carboxylic acid groups (broad SMARTS) is 1. The molecule has 4 aliphatic heterocycles. The molecule has 41 heteroatoms. The van der Waals surface area contributed by atoms with Gasteiger partial charge in [0.2, 0.25) is 100 Å². The maximum Gasteiger partial charge on any atom is 0.328 e. The van der Waals surface area contributed by atoms with E-state index < -0.39 is 236 Å². The Morgan fingerprint density at radius 3 is 1.57 bits per heavy atom. The van der Waals surface area contributed by atoms with Gasteiger partial charge in [0.1, 0.15) is 78.5 Å². The van der Waals surface area contributed by atoms with Crippen LogP contribution in [0.15, 0.2) is 30.5 Å². The third-order valence-corrected chi connectivity index (χ3v) is 20.8. The topological polar surface area (TPSA) is 613 Å². The number of hydrogen-bond donors (Lipinski definition) is 19. The minimum Gasteiger partial charge on any atom is -0.480 e. The Morgan fingerprint density at radius 2 is 0.983 bits per heavy atom. The number of amides is 17. The molecule has 0 unspecified atom stereocenters. The standard InChI is InChI=1S/C74H113N19O22/c1-9-39(6)60(89-65(105)46(28-37(2)3)84-64(104)47(29-42-30-77-44-17-11-10-16-43(42)44)85-63(103)45(22-23-55(75)97)83-69(109)59(76)38(4)5)70(110)82-40(7)61(101)79-31-56(98)78-33-58(100)90-24-12-18-51(90)67(107)87-49(35-95)66(106)86-48(34-94)62(102)80-32-57(99)81-41(8)71(111)92-26-14-20-53(92)73(113)93-27-15-21-54(93)72(112)91-25-13-19-52(91)68(108)88-50(36-96)74(114)115/h10-11,16-17,30,37-41,45-54,59-60,77,94-96H,9,12-15,18-29,31-36,76H2,1-8H3,(H2,75,97)(H,78,98)(H,79,101)(H,80,102)(H,81,99)(H,82,110)(H,83,109)(H,84,104)(H,85,103)(H,86,106)(H,87,107)(H,88,108)(H,89,105)(H,114,115)/t39-,40-,41-,45-,46-,47-,48-,49-,50-,51-,52-,53-,54-,59-,60-/m0/s1. The first-order valence-corrected chi connectivity index (χ1v) is 38.8. The summed E-state index contributed by atoms with van der Waals surface area (Å²) in [4.78, 5) is 250. The van der Waals surface area contributed by atoms with Crippen LogP contribution in [0.2, 0.25) is 0 Å². The van der Waals surface area contributed by atoms with Crippen molar-refractivity contribution in [3.63, 3.8) is 0 Å². The number of nitrogens with two attached hydrogens (primary N) is 2. The Morgan fingerprint density at radius 1 is 0.496 bits per heavy atom. The largest absolute Gasteiger partial charge is 0.480 e. The zero-order valence-corrected chi connectivity index (χ0v) is 66.0. The third-order valence-electron chi connectivity index (χ3n) is 20.8. The van der Waals surface area contributed by atoms with Crippen LogP contribution in [0.5, 0.6) is 0 Å². The number of H-pyrrole nitrogens is 1. The Bertz CT molecular complexity index is 3870. The summed E-state index contributed by atoms with van der Waals surface area (Å²) in [7, 11) is 0. The van der Waals surface area contributed by atoms with Gasteiger partial charge in [-0.25, -0.2) is 4.79 Å². The number of aliphatic carboxylic acids is 1. The molecule has 4 saturated heterocycles. The first-order valence-electron chi connectivity index (χ1n) is 38.8. The predicted octanol–water partition coefficient (Wildman–Crippen LogP) is -7.17. The van der Waals surface area contributed by atoms with E-state index >= 15 is 0 Å². The number of benzene rings is 1. The van der Waals surface area contributed by atoms with E-state index in [1.165, 1.54) is 28.5 Å². The average Bonchev–Trinajstić information content (AvgIpc) is 1.65. The SMILES string of the molecule is CC[C@H](C)[C@H](NC(=O)[C@H](CC(C)C)NC(=O)[C@H](Cc1c[nH]c2ccccc12)NC(=O)[C@H](CCC(N)=O)NC(=O)[C@@H](N)C(C)C)C(=O)N[C@@H](C)C(=O)NCC(=O)NCC(=O)N1CCC[C@H]1C(=O)N[C@@H](CO)C(=O)N[C@@H](CO)C(=O)NCC(=O)N[C@@H](C)C(=O)N1CCC[C@H]1C(=O)N1CCC[C@H]1C(=O)N1CCC[C@H]1C(=O)N[C@@H](CO)C(=O)O. The lowest BCUT2D eigenvalue weighted by molar-refractivity contribution is -0.151. The number of aliphatic hydroxyl groups excluding tert-OH is 3. The number of nitrogens with zero attached hydrogens (tertiary/aromatic N) is 4. The molecule has 21 N–H and O–H groups in total. The van der Waals surface area contributed by atoms with Gasteiger partial charge in [0, 0.05) is 56.1 Å². The van der Waals surface area contributed by atoms with Crippen molar-refractivity contribution in [2.45, 2.75) is 223 Å². The maximum absolute atomic E-state index is 14.6. The molecule has 4 fully saturated rings. The van der Waals surface area contributed by atoms with Crippen molar-refractivity contribution in [2.75, 3.05) is 65.6 Å². The molecule has 15 atom stereocenters. The highest BCUT2D eigenvalue weighted by Crippen LogP contribution is 2.30. The number of rotatable bonds is 42. The van der Waals surface area contributed by atoms with Crippen molar-refractivity contribution in [2.24, 2.45) is 29.2 Å². The van der Waals surface area contributed by atoms with Crippen molar-refractivity contribution < 1.29 is 107 Å². The van der Waals surface area contributed by atoms with Crippen LogP contribution in [-0.4, -0.2) is 302 Å². The number of fused-ring (bicyclic) bond motifs is 1. The van der Waals surface area contributed by atoms with Gasteiger partial charge in [-0.1, -0.05) is 66.2 Å². The van der Waals surface area contributed by atoms with Crippen LogP contribution < -0.4 is 75.3 Å². The van der Waals surface area contributed by atoms with Crippen molar-refractivity contribution in [3.05, 3.63) is 36.0 Å². The van der Waals surface area contributed by atoms with Crippen LogP contribution in [0.3, 0.4) is 0 Å². The lowest BCUT2D eigenvalue weighted by atomic mass is 9.96. The fraction of sp³-hybridized carbons (Fsp3) is 0.649. The van der Waals surface area contributed by atoms with E-state index in [9.17, 15) is 107 Å². The zero-order chi connectivity index (χ0) is 85.2. The number of carboxylic acids is 1. The third kappa shape index (κ3) is 26.0. The number of nitrogens with one attached hydrogen (secondary N) is 13. The van der Waals surface area contributed by atoms with Gasteiger partial charge in [-0.2, -0.15) is 0 Å². The van der Waals surface area contributed by atoms with E-state index in [-0.39, 0.29) is 95.8 Å². The highest BCUT2D eigenvalue weighted by atomic mass is 16.4. The summed E-state index contributed by atoms with van der Waals surface area (Å²) in [6.45, 7) is 8.39. The van der Waals surface area contributed by atoms with Gasteiger partial charge in [0.15, 0.2) is 0 Å². The van der Waals surface area contributed by atoms with Crippen molar-refractivity contribution in [1.82, 2.24) is 88.4 Å². The minimum atomic E-state index is -1.76. The Hall–Kier alpha value is -10.9. The summed E-state index contributed by atoms with van der Waals surface area (Å²) in [5.41, 5.74) is 12.8. The molecule has 2 aromatic rings. The number of aromatic amines is 1. The number of likely N-dealkylation sites (tertiary alicyclic amines) is 4. The highest BCUT2D eigenvalue weighted by Gasteiger charge is 2.47. The number of primary amides is 1. The number of para-hydroxylation sites is 1. The fourth-order valence-electron chi connectivity index (χ4n) is 14.0. The van der Waals surface area contributed by atoms with E-state index in [0.29, 0.717) is 31.2 Å². The summed E-state index contributed by atoms with van der Waals surface area (Å²) < 4.78 is 0. The first kappa shape index (κ1) is 92.9. The molecular weight excluding hydrogens is 1510 g/mol. The summed E-state index contributed by atoms with van der Waals surface area (Å²) in [5, 5.41) is 69.2. The lowest BCUT2D eigenvalue weighted by Gasteiger charge is -2.34. The van der Waals surface area contributed by atoms with Gasteiger partial charge in [-0.3, -0.25) is 81.5 Å². The van der Waals surface area contributed by atoms with Crippen molar-refractivity contribution in [1.29, 1.82) is 0 Å². The second-order valence-electron chi connectivity index (χ2n) is 30.1. The second kappa shape index (κ2) is 44.1. The molecule has 41 nitrogen and oxygen atoms in total. The van der Waals surface area contributed by atoms with Crippen LogP contribution in [0.25, 0.3) is 10.9 Å². The smallest absolute Gasteiger partial charge is 0.328 e. The number of aliphatic hydroxyl groups is 3. The van der Waals surface area contributed by atoms with E-state index in [0.717, 1.165) is 15.8 Å². The zero-order valence-electron chi connectivity index (χ0n) is 66.0. The highest BCUT2D eigenvalue weighted by molar-refractivity contribution is 6.01. The van der Waals surface area contributed by atoms with Gasteiger partial charge < -0.3 is 120 Å². The molecule has 1 aromatic carbocycles. The Kier molecular flexibility index (Phi) is 35.6. The molecule has 636 valence electrons.